The number of aliphatic imine (C=N–C) groups is 1. The van der Waals surface area contributed by atoms with Crippen molar-refractivity contribution in [2.45, 2.75) is 32.7 Å². The van der Waals surface area contributed by atoms with Gasteiger partial charge in [0.1, 0.15) is 11.6 Å². The van der Waals surface area contributed by atoms with E-state index in [0.717, 1.165) is 41.1 Å². The molecule has 0 saturated heterocycles. The SMILES string of the molecule is CCC1=NC(CC)CN1c1ccc(Br)cc1OC.O=C=O. The maximum absolute atomic E-state index is 8.12. The molecule has 1 unspecified atom stereocenters. The van der Waals surface area contributed by atoms with Crippen LogP contribution in [0.5, 0.6) is 5.75 Å². The van der Waals surface area contributed by atoms with Gasteiger partial charge in [0.25, 0.3) is 0 Å². The first-order chi connectivity index (χ1) is 10.1. The van der Waals surface area contributed by atoms with E-state index in [0.29, 0.717) is 6.04 Å². The Morgan fingerprint density at radius 1 is 1.43 bits per heavy atom. The van der Waals surface area contributed by atoms with Crippen LogP contribution in [0.3, 0.4) is 0 Å². The quantitative estimate of drug-likeness (QED) is 0.832. The number of benzene rings is 1. The maximum atomic E-state index is 8.12. The van der Waals surface area contributed by atoms with Crippen molar-refractivity contribution in [2.24, 2.45) is 4.99 Å². The van der Waals surface area contributed by atoms with Crippen molar-refractivity contribution in [3.05, 3.63) is 22.7 Å². The molecule has 6 heteroatoms. The van der Waals surface area contributed by atoms with Crippen LogP contribution in [0, 0.1) is 0 Å². The second-order valence-electron chi connectivity index (χ2n) is 4.47. The molecule has 0 radical (unpaired) electrons. The third-order valence-corrected chi connectivity index (χ3v) is 3.75. The summed E-state index contributed by atoms with van der Waals surface area (Å²) in [4.78, 5) is 23.3. The van der Waals surface area contributed by atoms with Gasteiger partial charge in [-0.3, -0.25) is 4.99 Å². The summed E-state index contributed by atoms with van der Waals surface area (Å²) in [5, 5.41) is 0. The monoisotopic (exact) mass is 354 g/mol. The highest BCUT2D eigenvalue weighted by molar-refractivity contribution is 9.10. The molecule has 0 bridgehead atoms. The van der Waals surface area contributed by atoms with Crippen LogP contribution in [0.2, 0.25) is 0 Å². The van der Waals surface area contributed by atoms with Crippen LogP contribution in [-0.2, 0) is 9.59 Å². The van der Waals surface area contributed by atoms with E-state index in [1.54, 1.807) is 7.11 Å². The molecule has 0 spiro atoms. The molecule has 114 valence electrons. The zero-order valence-electron chi connectivity index (χ0n) is 12.4. The van der Waals surface area contributed by atoms with E-state index in [4.69, 9.17) is 19.3 Å². The minimum absolute atomic E-state index is 0.250. The summed E-state index contributed by atoms with van der Waals surface area (Å²) in [5.41, 5.74) is 1.11. The van der Waals surface area contributed by atoms with Gasteiger partial charge in [-0.1, -0.05) is 29.8 Å². The van der Waals surface area contributed by atoms with E-state index >= 15 is 0 Å². The minimum atomic E-state index is 0.250. The van der Waals surface area contributed by atoms with Crippen molar-refractivity contribution in [1.82, 2.24) is 0 Å². The minimum Gasteiger partial charge on any atom is -0.495 e. The molecule has 1 aliphatic heterocycles. The largest absolute Gasteiger partial charge is 0.495 e. The lowest BCUT2D eigenvalue weighted by Crippen LogP contribution is -2.28. The van der Waals surface area contributed by atoms with Gasteiger partial charge in [0.05, 0.1) is 18.8 Å². The van der Waals surface area contributed by atoms with Crippen LogP contribution < -0.4 is 9.64 Å². The summed E-state index contributed by atoms with van der Waals surface area (Å²) >= 11 is 3.47. The third kappa shape index (κ3) is 4.41. The molecule has 21 heavy (non-hydrogen) atoms. The van der Waals surface area contributed by atoms with E-state index < -0.39 is 0 Å². The summed E-state index contributed by atoms with van der Waals surface area (Å²) in [7, 11) is 1.71. The van der Waals surface area contributed by atoms with Crippen molar-refractivity contribution in [3.8, 4) is 5.75 Å². The van der Waals surface area contributed by atoms with Gasteiger partial charge in [-0.05, 0) is 24.6 Å². The molecular weight excluding hydrogens is 336 g/mol. The summed E-state index contributed by atoms with van der Waals surface area (Å²) in [6.45, 7) is 5.29. The number of nitrogens with zero attached hydrogens (tertiary/aromatic N) is 2. The number of ether oxygens (including phenoxy) is 1. The molecule has 1 aliphatic rings. The molecule has 2 rings (SSSR count). The first kappa shape index (κ1) is 17.4. The van der Waals surface area contributed by atoms with Gasteiger partial charge in [0.15, 0.2) is 0 Å². The van der Waals surface area contributed by atoms with Crippen LogP contribution >= 0.6 is 15.9 Å². The lowest BCUT2D eigenvalue weighted by molar-refractivity contribution is -0.191. The molecule has 1 aromatic carbocycles. The predicted molar refractivity (Wildman–Crippen MR) is 84.9 cm³/mol. The maximum Gasteiger partial charge on any atom is 0.373 e. The van der Waals surface area contributed by atoms with E-state index in [-0.39, 0.29) is 6.15 Å². The Labute approximate surface area is 133 Å². The topological polar surface area (TPSA) is 59.0 Å². The number of anilines is 1. The number of rotatable bonds is 4. The van der Waals surface area contributed by atoms with Gasteiger partial charge in [-0.25, -0.2) is 0 Å². The highest BCUT2D eigenvalue weighted by Gasteiger charge is 2.25. The Bertz CT molecular complexity index is 540. The molecule has 0 fully saturated rings. The second-order valence-corrected chi connectivity index (χ2v) is 5.39. The normalized spacial score (nSPS) is 16.7. The molecule has 0 aromatic heterocycles. The molecular formula is C15H19BrN2O3. The van der Waals surface area contributed by atoms with Crippen molar-refractivity contribution >= 4 is 33.6 Å². The molecule has 5 nitrogen and oxygen atoms in total. The molecule has 1 aromatic rings. The number of halogens is 1. The standard InChI is InChI=1S/C14H19BrN2O.CO2/c1-4-11-9-17(14(5-2)16-11)12-7-6-10(15)8-13(12)18-3;2-1-3/h6-8,11H,4-5,9H2,1-3H3;. The van der Waals surface area contributed by atoms with Gasteiger partial charge in [0, 0.05) is 17.4 Å². The first-order valence-electron chi connectivity index (χ1n) is 6.78. The van der Waals surface area contributed by atoms with Gasteiger partial charge >= 0.3 is 6.15 Å². The van der Waals surface area contributed by atoms with Crippen LogP contribution in [-0.4, -0.2) is 31.7 Å². The van der Waals surface area contributed by atoms with Gasteiger partial charge in [0.2, 0.25) is 0 Å². The number of hydrogen-bond donors (Lipinski definition) is 0. The summed E-state index contributed by atoms with van der Waals surface area (Å²) in [6, 6.07) is 6.55. The van der Waals surface area contributed by atoms with E-state index in [2.05, 4.69) is 40.7 Å². The van der Waals surface area contributed by atoms with Crippen molar-refractivity contribution in [3.63, 3.8) is 0 Å². The highest BCUT2D eigenvalue weighted by Crippen LogP contribution is 2.34. The second kappa shape index (κ2) is 8.60. The predicted octanol–water partition coefficient (Wildman–Crippen LogP) is 3.28. The Morgan fingerprint density at radius 2 is 2.10 bits per heavy atom. The number of hydrogen-bond acceptors (Lipinski definition) is 5. The Kier molecular flexibility index (Phi) is 7.12. The van der Waals surface area contributed by atoms with Crippen LogP contribution in [0.15, 0.2) is 27.7 Å². The third-order valence-electron chi connectivity index (χ3n) is 3.26. The lowest BCUT2D eigenvalue weighted by atomic mass is 10.2. The number of carbonyl (C=O) groups excluding carboxylic acids is 2. The van der Waals surface area contributed by atoms with Crippen LogP contribution in [0.4, 0.5) is 5.69 Å². The molecule has 0 N–H and O–H groups in total. The summed E-state index contributed by atoms with van der Waals surface area (Å²) in [5.74, 6) is 2.05. The van der Waals surface area contributed by atoms with E-state index in [1.807, 2.05) is 12.1 Å². The summed E-state index contributed by atoms with van der Waals surface area (Å²) < 4.78 is 6.51. The molecule has 1 heterocycles. The van der Waals surface area contributed by atoms with Gasteiger partial charge < -0.3 is 9.64 Å². The highest BCUT2D eigenvalue weighted by atomic mass is 79.9. The fourth-order valence-corrected chi connectivity index (χ4v) is 2.59. The van der Waals surface area contributed by atoms with Crippen LogP contribution in [0.25, 0.3) is 0 Å². The Balaban J connectivity index is 0.000000677. The van der Waals surface area contributed by atoms with Crippen LogP contribution in [0.1, 0.15) is 26.7 Å². The van der Waals surface area contributed by atoms with E-state index in [1.165, 1.54) is 0 Å². The van der Waals surface area contributed by atoms with Gasteiger partial charge in [-0.15, -0.1) is 0 Å². The summed E-state index contributed by atoms with van der Waals surface area (Å²) in [6.07, 6.45) is 2.29. The lowest BCUT2D eigenvalue weighted by Gasteiger charge is -2.23. The molecule has 0 saturated carbocycles. The number of amidine groups is 1. The van der Waals surface area contributed by atoms with E-state index in [9.17, 15) is 0 Å². The first-order valence-corrected chi connectivity index (χ1v) is 7.57. The fourth-order valence-electron chi connectivity index (χ4n) is 2.25. The zero-order valence-corrected chi connectivity index (χ0v) is 14.0. The Hall–Kier alpha value is -1.65. The average Bonchev–Trinajstić information content (AvgIpc) is 2.91. The molecule has 1 atom stereocenters. The number of methoxy groups -OCH3 is 1. The zero-order chi connectivity index (χ0) is 15.8. The molecule has 0 aliphatic carbocycles. The van der Waals surface area contributed by atoms with Crippen molar-refractivity contribution in [2.75, 3.05) is 18.6 Å². The molecule has 0 amide bonds. The average molecular weight is 355 g/mol. The van der Waals surface area contributed by atoms with Crippen molar-refractivity contribution < 1.29 is 14.3 Å². The van der Waals surface area contributed by atoms with Crippen molar-refractivity contribution in [1.29, 1.82) is 0 Å². The Morgan fingerprint density at radius 3 is 2.62 bits per heavy atom. The fraction of sp³-hybridized carbons (Fsp3) is 0.467. The smallest absolute Gasteiger partial charge is 0.373 e. The van der Waals surface area contributed by atoms with Gasteiger partial charge in [-0.2, -0.15) is 9.59 Å².